The Morgan fingerprint density at radius 1 is 0.935 bits per heavy atom. The average Bonchev–Trinajstić information content (AvgIpc) is 3.49. The lowest BCUT2D eigenvalue weighted by Gasteiger charge is -2.35. The molecule has 2 heterocycles. The highest BCUT2D eigenvalue weighted by Gasteiger charge is 2.50. The SMILES string of the molecule is CN1C(=O)Cc2c(-c3ccc(C(=O)N4CCN(C(=O)C5(O)CC5)CC4)cc3)cccc21. The lowest BCUT2D eigenvalue weighted by Crippen LogP contribution is -2.53. The van der Waals surface area contributed by atoms with E-state index in [9.17, 15) is 19.5 Å². The first-order valence-corrected chi connectivity index (χ1v) is 10.7. The highest BCUT2D eigenvalue weighted by molar-refractivity contribution is 6.03. The van der Waals surface area contributed by atoms with E-state index < -0.39 is 5.60 Å². The lowest BCUT2D eigenvalue weighted by atomic mass is 9.97. The Morgan fingerprint density at radius 2 is 1.58 bits per heavy atom. The molecule has 0 unspecified atom stereocenters. The maximum Gasteiger partial charge on any atom is 0.254 e. The number of piperazine rings is 1. The smallest absolute Gasteiger partial charge is 0.254 e. The van der Waals surface area contributed by atoms with Gasteiger partial charge in [-0.3, -0.25) is 14.4 Å². The molecule has 160 valence electrons. The molecule has 1 saturated carbocycles. The van der Waals surface area contributed by atoms with Crippen molar-refractivity contribution in [2.24, 2.45) is 0 Å². The van der Waals surface area contributed by atoms with Crippen LogP contribution in [-0.4, -0.2) is 71.5 Å². The molecule has 31 heavy (non-hydrogen) atoms. The third-order valence-electron chi connectivity index (χ3n) is 6.63. The summed E-state index contributed by atoms with van der Waals surface area (Å²) in [6.45, 7) is 1.82. The van der Waals surface area contributed by atoms with Crippen molar-refractivity contribution in [3.8, 4) is 11.1 Å². The molecule has 1 aliphatic carbocycles. The van der Waals surface area contributed by atoms with Crippen molar-refractivity contribution >= 4 is 23.4 Å². The predicted octanol–water partition coefficient (Wildman–Crippen LogP) is 1.68. The number of amides is 3. The summed E-state index contributed by atoms with van der Waals surface area (Å²) in [7, 11) is 1.79. The fourth-order valence-corrected chi connectivity index (χ4v) is 4.46. The Balaban J connectivity index is 1.28. The predicted molar refractivity (Wildman–Crippen MR) is 116 cm³/mol. The van der Waals surface area contributed by atoms with Crippen LogP contribution in [0, 0.1) is 0 Å². The molecule has 5 rings (SSSR count). The van der Waals surface area contributed by atoms with Crippen LogP contribution < -0.4 is 4.90 Å². The van der Waals surface area contributed by atoms with Gasteiger partial charge in [-0.25, -0.2) is 0 Å². The van der Waals surface area contributed by atoms with Crippen LogP contribution in [-0.2, 0) is 16.0 Å². The molecule has 3 amide bonds. The lowest BCUT2D eigenvalue weighted by molar-refractivity contribution is -0.143. The summed E-state index contributed by atoms with van der Waals surface area (Å²) >= 11 is 0. The van der Waals surface area contributed by atoms with Crippen molar-refractivity contribution in [2.75, 3.05) is 38.1 Å². The Bertz CT molecular complexity index is 1070. The number of nitrogens with zero attached hydrogens (tertiary/aromatic N) is 3. The van der Waals surface area contributed by atoms with Crippen LogP contribution in [0.4, 0.5) is 5.69 Å². The summed E-state index contributed by atoms with van der Waals surface area (Å²) in [5.41, 5.74) is 3.39. The van der Waals surface area contributed by atoms with Crippen LogP contribution >= 0.6 is 0 Å². The maximum atomic E-state index is 12.9. The van der Waals surface area contributed by atoms with Gasteiger partial charge in [-0.15, -0.1) is 0 Å². The molecule has 1 saturated heterocycles. The fraction of sp³-hybridized carbons (Fsp3) is 0.375. The number of hydrogen-bond donors (Lipinski definition) is 1. The zero-order chi connectivity index (χ0) is 21.8. The number of fused-ring (bicyclic) bond motifs is 1. The molecule has 7 heteroatoms. The number of likely N-dealkylation sites (N-methyl/N-ethyl adjacent to an activating group) is 1. The number of benzene rings is 2. The quantitative estimate of drug-likeness (QED) is 0.821. The Hall–Kier alpha value is -3.19. The van der Waals surface area contributed by atoms with E-state index in [1.54, 1.807) is 21.7 Å². The van der Waals surface area contributed by atoms with Gasteiger partial charge in [0.1, 0.15) is 5.60 Å². The molecular weight excluding hydrogens is 394 g/mol. The molecule has 7 nitrogen and oxygen atoms in total. The van der Waals surface area contributed by atoms with E-state index in [0.29, 0.717) is 51.0 Å². The molecule has 2 aliphatic heterocycles. The van der Waals surface area contributed by atoms with Crippen LogP contribution in [0.15, 0.2) is 42.5 Å². The van der Waals surface area contributed by atoms with Crippen LogP contribution in [0.5, 0.6) is 0 Å². The summed E-state index contributed by atoms with van der Waals surface area (Å²) < 4.78 is 0. The van der Waals surface area contributed by atoms with Gasteiger partial charge in [0.25, 0.3) is 11.8 Å². The summed E-state index contributed by atoms with van der Waals surface area (Å²) in [6.07, 6.45) is 1.46. The van der Waals surface area contributed by atoms with Gasteiger partial charge in [0.05, 0.1) is 6.42 Å². The van der Waals surface area contributed by atoms with Gasteiger partial charge in [-0.2, -0.15) is 0 Å². The molecule has 0 aromatic heterocycles. The maximum absolute atomic E-state index is 12.9. The minimum absolute atomic E-state index is 0.0583. The molecular formula is C24H25N3O4. The largest absolute Gasteiger partial charge is 0.380 e. The first-order chi connectivity index (χ1) is 14.9. The normalized spacial score (nSPS) is 19.4. The van der Waals surface area contributed by atoms with Gasteiger partial charge in [0.15, 0.2) is 0 Å². The molecule has 0 radical (unpaired) electrons. The molecule has 2 fully saturated rings. The van der Waals surface area contributed by atoms with Gasteiger partial charge in [-0.05, 0) is 47.7 Å². The van der Waals surface area contributed by atoms with Gasteiger partial charge in [0.2, 0.25) is 5.91 Å². The zero-order valence-corrected chi connectivity index (χ0v) is 17.5. The standard InChI is InChI=1S/C24H25N3O4/c1-25-20-4-2-3-18(19(20)15-21(25)28)16-5-7-17(8-6-16)22(29)26-11-13-27(14-12-26)23(30)24(31)9-10-24/h2-8,31H,9-15H2,1H3. The van der Waals surface area contributed by atoms with Crippen molar-refractivity contribution in [1.82, 2.24) is 9.80 Å². The summed E-state index contributed by atoms with van der Waals surface area (Å²) in [5.74, 6) is -0.180. The van der Waals surface area contributed by atoms with Crippen LogP contribution in [0.1, 0.15) is 28.8 Å². The monoisotopic (exact) mass is 419 g/mol. The minimum Gasteiger partial charge on any atom is -0.380 e. The van der Waals surface area contributed by atoms with Crippen molar-refractivity contribution in [1.29, 1.82) is 0 Å². The first kappa shape index (κ1) is 19.8. The molecule has 1 N–H and O–H groups in total. The molecule has 0 spiro atoms. The molecule has 0 bridgehead atoms. The van der Waals surface area contributed by atoms with E-state index >= 15 is 0 Å². The van der Waals surface area contributed by atoms with E-state index in [1.165, 1.54) is 0 Å². The third-order valence-corrected chi connectivity index (χ3v) is 6.63. The third kappa shape index (κ3) is 3.39. The van der Waals surface area contributed by atoms with Gasteiger partial charge < -0.3 is 19.8 Å². The first-order valence-electron chi connectivity index (χ1n) is 10.7. The Labute approximate surface area is 180 Å². The van der Waals surface area contributed by atoms with E-state index in [1.807, 2.05) is 42.5 Å². The van der Waals surface area contributed by atoms with E-state index in [2.05, 4.69) is 0 Å². The number of hydrogen-bond acceptors (Lipinski definition) is 4. The van der Waals surface area contributed by atoms with Crippen molar-refractivity contribution in [3.05, 3.63) is 53.6 Å². The second-order valence-electron chi connectivity index (χ2n) is 8.63. The number of aliphatic hydroxyl groups is 1. The number of anilines is 1. The zero-order valence-electron chi connectivity index (χ0n) is 17.5. The molecule has 3 aliphatic rings. The summed E-state index contributed by atoms with van der Waals surface area (Å²) in [5, 5.41) is 10.0. The topological polar surface area (TPSA) is 81.2 Å². The van der Waals surface area contributed by atoms with E-state index in [-0.39, 0.29) is 17.7 Å². The van der Waals surface area contributed by atoms with Crippen LogP contribution in [0.2, 0.25) is 0 Å². The second kappa shape index (κ2) is 7.20. The number of carbonyl (C=O) groups excluding carboxylic acids is 3. The van der Waals surface area contributed by atoms with Crippen LogP contribution in [0.3, 0.4) is 0 Å². The molecule has 2 aromatic carbocycles. The van der Waals surface area contributed by atoms with Crippen LogP contribution in [0.25, 0.3) is 11.1 Å². The second-order valence-corrected chi connectivity index (χ2v) is 8.63. The number of carbonyl (C=O) groups is 3. The van der Waals surface area contributed by atoms with E-state index in [4.69, 9.17) is 0 Å². The Morgan fingerprint density at radius 3 is 2.23 bits per heavy atom. The molecule has 0 atom stereocenters. The van der Waals surface area contributed by atoms with Gasteiger partial charge in [0, 0.05) is 44.5 Å². The number of rotatable bonds is 3. The van der Waals surface area contributed by atoms with Crippen molar-refractivity contribution < 1.29 is 19.5 Å². The van der Waals surface area contributed by atoms with Gasteiger partial charge >= 0.3 is 0 Å². The summed E-state index contributed by atoms with van der Waals surface area (Å²) in [6, 6.07) is 13.4. The van der Waals surface area contributed by atoms with Gasteiger partial charge in [-0.1, -0.05) is 24.3 Å². The minimum atomic E-state index is -1.15. The van der Waals surface area contributed by atoms with Crippen molar-refractivity contribution in [2.45, 2.75) is 24.9 Å². The molecule has 2 aromatic rings. The van der Waals surface area contributed by atoms with Crippen molar-refractivity contribution in [3.63, 3.8) is 0 Å². The fourth-order valence-electron chi connectivity index (χ4n) is 4.46. The highest BCUT2D eigenvalue weighted by Crippen LogP contribution is 2.37. The van der Waals surface area contributed by atoms with E-state index in [0.717, 1.165) is 22.4 Å². The highest BCUT2D eigenvalue weighted by atomic mass is 16.3. The Kier molecular flexibility index (Phi) is 4.59. The summed E-state index contributed by atoms with van der Waals surface area (Å²) in [4.78, 5) is 42.4. The average molecular weight is 419 g/mol.